The first-order valence-electron chi connectivity index (χ1n) is 10.3. The molecule has 3 aromatic rings. The zero-order valence-electron chi connectivity index (χ0n) is 17.5. The first kappa shape index (κ1) is 19.4. The number of benzene rings is 1. The Morgan fingerprint density at radius 3 is 2.87 bits per heavy atom. The van der Waals surface area contributed by atoms with Crippen molar-refractivity contribution in [3.8, 4) is 23.0 Å². The number of nitrogens with one attached hydrogen (secondary N) is 1. The Hall–Kier alpha value is -3.55. The smallest absolute Gasteiger partial charge is 0.231 e. The molecular weight excluding hydrogens is 394 g/mol. The summed E-state index contributed by atoms with van der Waals surface area (Å²) in [5, 5.41) is 3.19. The minimum absolute atomic E-state index is 0.00230. The number of hydrogen-bond acceptors (Lipinski definition) is 7. The summed E-state index contributed by atoms with van der Waals surface area (Å²) in [6, 6.07) is 5.45. The fourth-order valence-corrected chi connectivity index (χ4v) is 4.20. The average molecular weight is 417 g/mol. The SMILES string of the molecule is CC1(C)Cc2nc(-c3cnccn3)ncc2[C@@H](NC(=O)Cc2ccc3c(c2)OCO3)C1. The quantitative estimate of drug-likeness (QED) is 0.696. The van der Waals surface area contributed by atoms with Crippen molar-refractivity contribution in [3.63, 3.8) is 0 Å². The number of carbonyl (C=O) groups is 1. The molecule has 1 amide bonds. The van der Waals surface area contributed by atoms with Crippen LogP contribution in [0.15, 0.2) is 43.0 Å². The maximum absolute atomic E-state index is 12.8. The van der Waals surface area contributed by atoms with Crippen LogP contribution in [0.5, 0.6) is 11.5 Å². The van der Waals surface area contributed by atoms with Crippen LogP contribution in [-0.2, 0) is 17.6 Å². The Bertz CT molecular complexity index is 1130. The largest absolute Gasteiger partial charge is 0.454 e. The lowest BCUT2D eigenvalue weighted by Crippen LogP contribution is -2.37. The van der Waals surface area contributed by atoms with Crippen LogP contribution in [-0.4, -0.2) is 32.6 Å². The Balaban J connectivity index is 1.36. The van der Waals surface area contributed by atoms with Crippen LogP contribution in [0.1, 0.15) is 43.1 Å². The third kappa shape index (κ3) is 4.05. The number of aromatic nitrogens is 4. The molecule has 8 heteroatoms. The minimum atomic E-state index is -0.142. The van der Waals surface area contributed by atoms with Gasteiger partial charge in [0.15, 0.2) is 17.3 Å². The molecule has 1 atom stereocenters. The van der Waals surface area contributed by atoms with E-state index in [1.807, 2.05) is 24.4 Å². The van der Waals surface area contributed by atoms with Crippen LogP contribution in [0, 0.1) is 5.41 Å². The third-order valence-corrected chi connectivity index (χ3v) is 5.61. The summed E-state index contributed by atoms with van der Waals surface area (Å²) in [5.41, 5.74) is 3.42. The zero-order valence-corrected chi connectivity index (χ0v) is 17.5. The summed E-state index contributed by atoms with van der Waals surface area (Å²) in [4.78, 5) is 30.5. The highest BCUT2D eigenvalue weighted by Crippen LogP contribution is 2.40. The molecule has 1 N–H and O–H groups in total. The standard InChI is InChI=1S/C23H23N5O3/c1-23(2)9-16(27-21(29)8-14-3-4-19-20(7-14)31-13-30-19)15-11-26-22(28-17(15)10-23)18-12-24-5-6-25-18/h3-7,11-12,16H,8-10,13H2,1-2H3,(H,27,29)/t16-/m0/s1. The van der Waals surface area contributed by atoms with E-state index in [-0.39, 0.29) is 30.6 Å². The van der Waals surface area contributed by atoms with Gasteiger partial charge in [-0.1, -0.05) is 19.9 Å². The molecule has 0 saturated carbocycles. The van der Waals surface area contributed by atoms with Crippen molar-refractivity contribution in [2.75, 3.05) is 6.79 Å². The fourth-order valence-electron chi connectivity index (χ4n) is 4.20. The number of hydrogen-bond donors (Lipinski definition) is 1. The van der Waals surface area contributed by atoms with E-state index in [1.54, 1.807) is 18.6 Å². The lowest BCUT2D eigenvalue weighted by molar-refractivity contribution is -0.121. The average Bonchev–Trinajstić information content (AvgIpc) is 3.21. The molecule has 2 aromatic heterocycles. The highest BCUT2D eigenvalue weighted by molar-refractivity contribution is 5.79. The van der Waals surface area contributed by atoms with Gasteiger partial charge in [-0.3, -0.25) is 9.78 Å². The Morgan fingerprint density at radius 2 is 2.03 bits per heavy atom. The Morgan fingerprint density at radius 1 is 1.16 bits per heavy atom. The molecule has 1 aliphatic heterocycles. The lowest BCUT2D eigenvalue weighted by atomic mass is 9.74. The molecule has 1 aliphatic carbocycles. The number of rotatable bonds is 4. The van der Waals surface area contributed by atoms with Gasteiger partial charge in [0.05, 0.1) is 24.4 Å². The van der Waals surface area contributed by atoms with Gasteiger partial charge in [0.2, 0.25) is 12.7 Å². The van der Waals surface area contributed by atoms with Crippen molar-refractivity contribution in [3.05, 3.63) is 59.8 Å². The van der Waals surface area contributed by atoms with E-state index < -0.39 is 0 Å². The summed E-state index contributed by atoms with van der Waals surface area (Å²) < 4.78 is 10.8. The van der Waals surface area contributed by atoms with Crippen molar-refractivity contribution >= 4 is 5.91 Å². The number of ether oxygens (including phenoxy) is 2. The van der Waals surface area contributed by atoms with Gasteiger partial charge in [0, 0.05) is 24.2 Å². The van der Waals surface area contributed by atoms with E-state index in [1.165, 1.54) is 0 Å². The van der Waals surface area contributed by atoms with Crippen molar-refractivity contribution < 1.29 is 14.3 Å². The van der Waals surface area contributed by atoms with Crippen LogP contribution in [0.2, 0.25) is 0 Å². The molecular formula is C23H23N5O3. The van der Waals surface area contributed by atoms with E-state index >= 15 is 0 Å². The van der Waals surface area contributed by atoms with Gasteiger partial charge in [-0.25, -0.2) is 15.0 Å². The van der Waals surface area contributed by atoms with Crippen molar-refractivity contribution in [2.45, 2.75) is 39.2 Å². The molecule has 158 valence electrons. The van der Waals surface area contributed by atoms with E-state index in [9.17, 15) is 4.79 Å². The summed E-state index contributed by atoms with van der Waals surface area (Å²) in [5.74, 6) is 1.89. The highest BCUT2D eigenvalue weighted by atomic mass is 16.7. The van der Waals surface area contributed by atoms with E-state index in [0.717, 1.165) is 29.7 Å². The number of fused-ring (bicyclic) bond motifs is 2. The predicted octanol–water partition coefficient (Wildman–Crippen LogP) is 3.03. The molecule has 5 rings (SSSR count). The lowest BCUT2D eigenvalue weighted by Gasteiger charge is -2.36. The van der Waals surface area contributed by atoms with Crippen LogP contribution in [0.4, 0.5) is 0 Å². The molecule has 0 saturated heterocycles. The molecule has 31 heavy (non-hydrogen) atoms. The van der Waals surface area contributed by atoms with Crippen molar-refractivity contribution in [1.29, 1.82) is 0 Å². The van der Waals surface area contributed by atoms with Gasteiger partial charge in [-0.15, -0.1) is 0 Å². The number of amides is 1. The topological polar surface area (TPSA) is 99.1 Å². The summed E-state index contributed by atoms with van der Waals surface area (Å²) in [6.45, 7) is 4.60. The van der Waals surface area contributed by atoms with E-state index in [4.69, 9.17) is 14.5 Å². The number of nitrogens with zero attached hydrogens (tertiary/aromatic N) is 4. The minimum Gasteiger partial charge on any atom is -0.454 e. The molecule has 8 nitrogen and oxygen atoms in total. The Kier molecular flexibility index (Phi) is 4.77. The molecule has 3 heterocycles. The first-order chi connectivity index (χ1) is 15.0. The second-order valence-electron chi connectivity index (χ2n) is 8.72. The second-order valence-corrected chi connectivity index (χ2v) is 8.72. The molecule has 0 spiro atoms. The summed E-state index contributed by atoms with van der Waals surface area (Å²) >= 11 is 0. The van der Waals surface area contributed by atoms with Crippen LogP contribution < -0.4 is 14.8 Å². The zero-order chi connectivity index (χ0) is 21.4. The van der Waals surface area contributed by atoms with Gasteiger partial charge in [-0.2, -0.15) is 0 Å². The monoisotopic (exact) mass is 417 g/mol. The van der Waals surface area contributed by atoms with Gasteiger partial charge in [0.25, 0.3) is 0 Å². The third-order valence-electron chi connectivity index (χ3n) is 5.61. The van der Waals surface area contributed by atoms with Gasteiger partial charge in [-0.05, 0) is 36.0 Å². The van der Waals surface area contributed by atoms with Crippen molar-refractivity contribution in [2.24, 2.45) is 5.41 Å². The summed E-state index contributed by atoms with van der Waals surface area (Å²) in [7, 11) is 0. The van der Waals surface area contributed by atoms with E-state index in [0.29, 0.717) is 23.0 Å². The number of carbonyl (C=O) groups excluding carboxylic acids is 1. The van der Waals surface area contributed by atoms with Gasteiger partial charge < -0.3 is 14.8 Å². The molecule has 2 aliphatic rings. The molecule has 0 bridgehead atoms. The molecule has 0 radical (unpaired) electrons. The molecule has 1 aromatic carbocycles. The van der Waals surface area contributed by atoms with Gasteiger partial charge >= 0.3 is 0 Å². The predicted molar refractivity (Wildman–Crippen MR) is 112 cm³/mol. The summed E-state index contributed by atoms with van der Waals surface area (Å²) in [6.07, 6.45) is 8.61. The van der Waals surface area contributed by atoms with Crippen LogP contribution in [0.3, 0.4) is 0 Å². The van der Waals surface area contributed by atoms with Crippen LogP contribution in [0.25, 0.3) is 11.5 Å². The van der Waals surface area contributed by atoms with Gasteiger partial charge in [0.1, 0.15) is 5.69 Å². The fraction of sp³-hybridized carbons (Fsp3) is 0.348. The first-order valence-corrected chi connectivity index (χ1v) is 10.3. The maximum Gasteiger partial charge on any atom is 0.231 e. The van der Waals surface area contributed by atoms with Crippen molar-refractivity contribution in [1.82, 2.24) is 25.3 Å². The highest BCUT2D eigenvalue weighted by Gasteiger charge is 2.34. The normalized spacial score (nSPS) is 18.3. The van der Waals surface area contributed by atoms with Crippen LogP contribution >= 0.6 is 0 Å². The van der Waals surface area contributed by atoms with E-state index in [2.05, 4.69) is 34.1 Å². The molecule has 0 unspecified atom stereocenters. The maximum atomic E-state index is 12.8. The Labute approximate surface area is 180 Å². The second kappa shape index (κ2) is 7.61. The molecule has 0 fully saturated rings.